The van der Waals surface area contributed by atoms with Crippen molar-refractivity contribution >= 4 is 28.9 Å². The molecule has 18 heavy (non-hydrogen) atoms. The van der Waals surface area contributed by atoms with E-state index >= 15 is 0 Å². The quantitative estimate of drug-likeness (QED) is 0.805. The molecule has 2 aromatic rings. The highest BCUT2D eigenvalue weighted by atomic mass is 35.5. The molecule has 0 aliphatic rings. The standard InChI is InChI=1S/C14H13Cl2NO/c1-9-6-11(18)3-5-14(9)17-8-10-2-4-12(15)13(16)7-10/h2-7,17-18H,8H2,1H3. The second-order valence-corrected chi connectivity index (χ2v) is 4.92. The first-order chi connectivity index (χ1) is 8.56. The molecule has 0 unspecified atom stereocenters. The molecule has 4 heteroatoms. The molecule has 94 valence electrons. The van der Waals surface area contributed by atoms with Gasteiger partial charge >= 0.3 is 0 Å². The van der Waals surface area contributed by atoms with Gasteiger partial charge in [-0.3, -0.25) is 0 Å². The zero-order valence-electron chi connectivity index (χ0n) is 9.87. The third-order valence-corrected chi connectivity index (χ3v) is 3.42. The van der Waals surface area contributed by atoms with Crippen molar-refractivity contribution in [1.82, 2.24) is 0 Å². The second kappa shape index (κ2) is 5.51. The van der Waals surface area contributed by atoms with Crippen molar-refractivity contribution in [2.75, 3.05) is 5.32 Å². The van der Waals surface area contributed by atoms with Gasteiger partial charge in [-0.05, 0) is 48.4 Å². The van der Waals surface area contributed by atoms with Crippen molar-refractivity contribution in [3.8, 4) is 5.75 Å². The molecule has 0 spiro atoms. The van der Waals surface area contributed by atoms with E-state index in [1.807, 2.05) is 25.1 Å². The highest BCUT2D eigenvalue weighted by molar-refractivity contribution is 6.42. The fourth-order valence-electron chi connectivity index (χ4n) is 1.69. The van der Waals surface area contributed by atoms with E-state index in [9.17, 15) is 5.11 Å². The Bertz CT molecular complexity index is 570. The molecule has 0 heterocycles. The Morgan fingerprint density at radius 2 is 1.83 bits per heavy atom. The van der Waals surface area contributed by atoms with Gasteiger partial charge in [0.2, 0.25) is 0 Å². The van der Waals surface area contributed by atoms with E-state index in [1.165, 1.54) is 0 Å². The molecule has 0 atom stereocenters. The number of hydrogen-bond acceptors (Lipinski definition) is 2. The van der Waals surface area contributed by atoms with Gasteiger partial charge in [0.05, 0.1) is 10.0 Å². The summed E-state index contributed by atoms with van der Waals surface area (Å²) in [4.78, 5) is 0. The average molecular weight is 282 g/mol. The first-order valence-corrected chi connectivity index (χ1v) is 6.29. The molecule has 0 aromatic heterocycles. The van der Waals surface area contributed by atoms with Gasteiger partial charge in [-0.15, -0.1) is 0 Å². The fraction of sp³-hybridized carbons (Fsp3) is 0.143. The summed E-state index contributed by atoms with van der Waals surface area (Å²) in [6, 6.07) is 10.8. The number of phenolic OH excluding ortho intramolecular Hbond substituents is 1. The van der Waals surface area contributed by atoms with Crippen LogP contribution in [0, 0.1) is 6.92 Å². The minimum Gasteiger partial charge on any atom is -0.508 e. The average Bonchev–Trinajstić information content (AvgIpc) is 2.32. The lowest BCUT2D eigenvalue weighted by molar-refractivity contribution is 0.475. The third kappa shape index (κ3) is 3.09. The molecule has 0 aliphatic carbocycles. The molecule has 0 amide bonds. The zero-order valence-corrected chi connectivity index (χ0v) is 11.4. The van der Waals surface area contributed by atoms with Crippen LogP contribution in [0.1, 0.15) is 11.1 Å². The summed E-state index contributed by atoms with van der Waals surface area (Å²) in [6.07, 6.45) is 0. The molecule has 2 N–H and O–H groups in total. The number of nitrogens with one attached hydrogen (secondary N) is 1. The molecule has 2 nitrogen and oxygen atoms in total. The van der Waals surface area contributed by atoms with E-state index in [2.05, 4.69) is 5.32 Å². The Balaban J connectivity index is 2.09. The lowest BCUT2D eigenvalue weighted by atomic mass is 10.1. The molecular weight excluding hydrogens is 269 g/mol. The van der Waals surface area contributed by atoms with Crippen LogP contribution < -0.4 is 5.32 Å². The van der Waals surface area contributed by atoms with E-state index in [-0.39, 0.29) is 5.75 Å². The molecule has 2 rings (SSSR count). The van der Waals surface area contributed by atoms with Gasteiger partial charge in [-0.25, -0.2) is 0 Å². The maximum atomic E-state index is 9.33. The minimum atomic E-state index is 0.271. The number of halogens is 2. The predicted octanol–water partition coefficient (Wildman–Crippen LogP) is 4.62. The minimum absolute atomic E-state index is 0.271. The lowest BCUT2D eigenvalue weighted by Crippen LogP contribution is -2.00. The fourth-order valence-corrected chi connectivity index (χ4v) is 2.01. The van der Waals surface area contributed by atoms with Crippen molar-refractivity contribution in [1.29, 1.82) is 0 Å². The molecular formula is C14H13Cl2NO. The van der Waals surface area contributed by atoms with Gasteiger partial charge in [0.25, 0.3) is 0 Å². The first kappa shape index (κ1) is 13.1. The van der Waals surface area contributed by atoms with Crippen molar-refractivity contribution in [2.24, 2.45) is 0 Å². The Morgan fingerprint density at radius 3 is 2.50 bits per heavy atom. The van der Waals surface area contributed by atoms with E-state index in [0.29, 0.717) is 16.6 Å². The molecule has 2 aromatic carbocycles. The number of rotatable bonds is 3. The largest absolute Gasteiger partial charge is 0.508 e. The van der Waals surface area contributed by atoms with Crippen LogP contribution in [-0.2, 0) is 6.54 Å². The van der Waals surface area contributed by atoms with Crippen molar-refractivity contribution in [2.45, 2.75) is 13.5 Å². The van der Waals surface area contributed by atoms with Gasteiger partial charge < -0.3 is 10.4 Å². The molecule has 0 saturated carbocycles. The van der Waals surface area contributed by atoms with E-state index in [1.54, 1.807) is 18.2 Å². The van der Waals surface area contributed by atoms with Crippen molar-refractivity contribution < 1.29 is 5.11 Å². The maximum absolute atomic E-state index is 9.33. The van der Waals surface area contributed by atoms with Crippen LogP contribution >= 0.6 is 23.2 Å². The van der Waals surface area contributed by atoms with E-state index in [4.69, 9.17) is 23.2 Å². The number of hydrogen-bond donors (Lipinski definition) is 2. The number of phenols is 1. The number of aryl methyl sites for hydroxylation is 1. The molecule has 0 aliphatic heterocycles. The van der Waals surface area contributed by atoms with Crippen molar-refractivity contribution in [3.05, 3.63) is 57.6 Å². The van der Waals surface area contributed by atoms with Gasteiger partial charge in [0.1, 0.15) is 5.75 Å². The summed E-state index contributed by atoms with van der Waals surface area (Å²) in [7, 11) is 0. The topological polar surface area (TPSA) is 32.3 Å². The van der Waals surface area contributed by atoms with Gasteiger partial charge in [-0.1, -0.05) is 29.3 Å². The summed E-state index contributed by atoms with van der Waals surface area (Å²) < 4.78 is 0. The monoisotopic (exact) mass is 281 g/mol. The molecule has 0 fully saturated rings. The Morgan fingerprint density at radius 1 is 1.06 bits per heavy atom. The first-order valence-electron chi connectivity index (χ1n) is 5.53. The van der Waals surface area contributed by atoms with Crippen LogP contribution in [0.3, 0.4) is 0 Å². The SMILES string of the molecule is Cc1cc(O)ccc1NCc1ccc(Cl)c(Cl)c1. The van der Waals surface area contributed by atoms with Gasteiger partial charge in [0.15, 0.2) is 0 Å². The second-order valence-electron chi connectivity index (χ2n) is 4.10. The van der Waals surface area contributed by atoms with Crippen LogP contribution in [0.5, 0.6) is 5.75 Å². The Kier molecular flexibility index (Phi) is 4.00. The predicted molar refractivity (Wildman–Crippen MR) is 76.6 cm³/mol. The number of aromatic hydroxyl groups is 1. The summed E-state index contributed by atoms with van der Waals surface area (Å²) >= 11 is 11.8. The normalized spacial score (nSPS) is 10.4. The molecule has 0 bridgehead atoms. The van der Waals surface area contributed by atoms with Gasteiger partial charge in [0, 0.05) is 12.2 Å². The van der Waals surface area contributed by atoms with Crippen LogP contribution in [0.2, 0.25) is 10.0 Å². The van der Waals surface area contributed by atoms with Crippen LogP contribution in [0.15, 0.2) is 36.4 Å². The maximum Gasteiger partial charge on any atom is 0.115 e. The van der Waals surface area contributed by atoms with Crippen LogP contribution in [0.4, 0.5) is 5.69 Å². The molecule has 0 radical (unpaired) electrons. The number of anilines is 1. The highest BCUT2D eigenvalue weighted by Crippen LogP contribution is 2.24. The smallest absolute Gasteiger partial charge is 0.115 e. The van der Waals surface area contributed by atoms with Crippen LogP contribution in [-0.4, -0.2) is 5.11 Å². The summed E-state index contributed by atoms with van der Waals surface area (Å²) in [6.45, 7) is 2.60. The highest BCUT2D eigenvalue weighted by Gasteiger charge is 2.02. The molecule has 0 saturated heterocycles. The third-order valence-electron chi connectivity index (χ3n) is 2.68. The van der Waals surface area contributed by atoms with Crippen molar-refractivity contribution in [3.63, 3.8) is 0 Å². The summed E-state index contributed by atoms with van der Waals surface area (Å²) in [5.74, 6) is 0.271. The summed E-state index contributed by atoms with van der Waals surface area (Å²) in [5.41, 5.74) is 3.03. The van der Waals surface area contributed by atoms with Crippen LogP contribution in [0.25, 0.3) is 0 Å². The van der Waals surface area contributed by atoms with E-state index < -0.39 is 0 Å². The Hall–Kier alpha value is -1.38. The Labute approximate surface area is 116 Å². The van der Waals surface area contributed by atoms with Gasteiger partial charge in [-0.2, -0.15) is 0 Å². The summed E-state index contributed by atoms with van der Waals surface area (Å²) in [5, 5.41) is 13.7. The van der Waals surface area contributed by atoms with E-state index in [0.717, 1.165) is 16.8 Å². The lowest BCUT2D eigenvalue weighted by Gasteiger charge is -2.10. The zero-order chi connectivity index (χ0) is 13.1. The number of benzene rings is 2.